The minimum absolute atomic E-state index is 0.214. The molecule has 1 heterocycles. The molecule has 3 aromatic carbocycles. The highest BCUT2D eigenvalue weighted by Gasteiger charge is 2.13. The number of fused-ring (bicyclic) bond motifs is 1. The summed E-state index contributed by atoms with van der Waals surface area (Å²) < 4.78 is 26.7. The molecule has 4 rings (SSSR count). The predicted octanol–water partition coefficient (Wildman–Crippen LogP) is 5.38. The summed E-state index contributed by atoms with van der Waals surface area (Å²) in [5.41, 5.74) is 5.36. The van der Waals surface area contributed by atoms with Gasteiger partial charge in [-0.15, -0.1) is 0 Å². The maximum Gasteiger partial charge on any atom is 0.258 e. The molecule has 0 aliphatic rings. The molecule has 0 aliphatic carbocycles. The number of aromatic amines is 1. The number of H-pyrrole nitrogens is 1. The topological polar surface area (TPSA) is 57.8 Å². The van der Waals surface area contributed by atoms with Crippen LogP contribution in [0.2, 0.25) is 0 Å². The first-order valence-electron chi connectivity index (χ1n) is 8.74. The third-order valence-corrected chi connectivity index (χ3v) is 4.69. The molecular formula is C22H17F2N3O. The maximum absolute atomic E-state index is 13.7. The van der Waals surface area contributed by atoms with E-state index in [0.29, 0.717) is 11.8 Å². The summed E-state index contributed by atoms with van der Waals surface area (Å²) in [7, 11) is 0. The second-order valence-electron chi connectivity index (χ2n) is 6.69. The smallest absolute Gasteiger partial charge is 0.258 e. The molecule has 0 radical (unpaired) electrons. The average molecular weight is 377 g/mol. The van der Waals surface area contributed by atoms with Crippen molar-refractivity contribution in [2.45, 2.75) is 13.8 Å². The second-order valence-corrected chi connectivity index (χ2v) is 6.69. The normalized spacial score (nSPS) is 11.0. The van der Waals surface area contributed by atoms with Gasteiger partial charge in [-0.25, -0.2) is 13.8 Å². The van der Waals surface area contributed by atoms with Gasteiger partial charge in [0.15, 0.2) is 0 Å². The summed E-state index contributed by atoms with van der Waals surface area (Å²) in [5, 5.41) is 2.61. The van der Waals surface area contributed by atoms with Gasteiger partial charge >= 0.3 is 0 Å². The van der Waals surface area contributed by atoms with Gasteiger partial charge in [-0.1, -0.05) is 0 Å². The molecule has 0 bridgehead atoms. The number of nitrogens with zero attached hydrogens (tertiary/aromatic N) is 1. The highest BCUT2D eigenvalue weighted by molar-refractivity contribution is 6.04. The lowest BCUT2D eigenvalue weighted by molar-refractivity contribution is 0.102. The molecule has 28 heavy (non-hydrogen) atoms. The van der Waals surface area contributed by atoms with Crippen molar-refractivity contribution in [1.82, 2.24) is 9.97 Å². The molecule has 0 fully saturated rings. The summed E-state index contributed by atoms with van der Waals surface area (Å²) in [5.74, 6) is -1.54. The standard InChI is InChI=1S/C22H17F2N3O/c1-12-9-19-20(10-13(12)2)27-21(26-19)14-3-6-16(7-4-14)25-22(28)17-8-5-15(23)11-18(17)24/h3-11H,1-2H3,(H,25,28)(H,26,27). The first kappa shape index (κ1) is 17.9. The Labute approximate surface area is 160 Å². The number of aryl methyl sites for hydroxylation is 2. The quantitative estimate of drug-likeness (QED) is 0.504. The lowest BCUT2D eigenvalue weighted by Crippen LogP contribution is -2.13. The number of rotatable bonds is 3. The lowest BCUT2D eigenvalue weighted by Gasteiger charge is -2.07. The molecule has 4 aromatic rings. The van der Waals surface area contributed by atoms with Crippen molar-refractivity contribution >= 4 is 22.6 Å². The van der Waals surface area contributed by atoms with Crippen molar-refractivity contribution in [2.75, 3.05) is 5.32 Å². The Morgan fingerprint density at radius 1 is 0.964 bits per heavy atom. The Kier molecular flexibility index (Phi) is 4.39. The van der Waals surface area contributed by atoms with E-state index in [9.17, 15) is 13.6 Å². The Bertz CT molecular complexity index is 1160. The van der Waals surface area contributed by atoms with Gasteiger partial charge in [-0.05, 0) is 73.5 Å². The fourth-order valence-corrected chi connectivity index (χ4v) is 2.99. The molecule has 2 N–H and O–H groups in total. The van der Waals surface area contributed by atoms with Gasteiger partial charge in [0.05, 0.1) is 16.6 Å². The number of hydrogen-bond donors (Lipinski definition) is 2. The minimum atomic E-state index is -0.901. The molecule has 4 nitrogen and oxygen atoms in total. The van der Waals surface area contributed by atoms with E-state index in [0.717, 1.165) is 34.6 Å². The van der Waals surface area contributed by atoms with Crippen LogP contribution in [0.5, 0.6) is 0 Å². The number of benzene rings is 3. The fourth-order valence-electron chi connectivity index (χ4n) is 2.99. The zero-order valence-corrected chi connectivity index (χ0v) is 15.3. The Hall–Kier alpha value is -3.54. The molecule has 0 saturated carbocycles. The summed E-state index contributed by atoms with van der Waals surface area (Å²) in [6, 6.07) is 14.0. The minimum Gasteiger partial charge on any atom is -0.338 e. The van der Waals surface area contributed by atoms with E-state index < -0.39 is 17.5 Å². The SMILES string of the molecule is Cc1cc2nc(-c3ccc(NC(=O)c4ccc(F)cc4F)cc3)[nH]c2cc1C. The number of amides is 1. The Morgan fingerprint density at radius 2 is 1.68 bits per heavy atom. The molecule has 0 unspecified atom stereocenters. The Morgan fingerprint density at radius 3 is 2.39 bits per heavy atom. The molecule has 140 valence electrons. The highest BCUT2D eigenvalue weighted by atomic mass is 19.1. The van der Waals surface area contributed by atoms with Crippen LogP contribution >= 0.6 is 0 Å². The molecule has 0 atom stereocenters. The number of carbonyl (C=O) groups is 1. The Balaban J connectivity index is 1.56. The number of carbonyl (C=O) groups excluding carboxylic acids is 1. The molecule has 0 saturated heterocycles. The van der Waals surface area contributed by atoms with Crippen LogP contribution in [-0.2, 0) is 0 Å². The van der Waals surface area contributed by atoms with E-state index in [1.807, 2.05) is 25.1 Å². The van der Waals surface area contributed by atoms with Gasteiger partial charge < -0.3 is 10.3 Å². The van der Waals surface area contributed by atoms with Crippen LogP contribution in [0.25, 0.3) is 22.4 Å². The van der Waals surface area contributed by atoms with E-state index in [1.54, 1.807) is 12.1 Å². The van der Waals surface area contributed by atoms with E-state index in [1.165, 1.54) is 11.1 Å². The fraction of sp³-hybridized carbons (Fsp3) is 0.0909. The third-order valence-electron chi connectivity index (χ3n) is 4.69. The van der Waals surface area contributed by atoms with Crippen LogP contribution < -0.4 is 5.32 Å². The van der Waals surface area contributed by atoms with Crippen LogP contribution in [0.4, 0.5) is 14.5 Å². The summed E-state index contributed by atoms with van der Waals surface area (Å²) >= 11 is 0. The lowest BCUT2D eigenvalue weighted by atomic mass is 10.1. The number of nitrogens with one attached hydrogen (secondary N) is 2. The van der Waals surface area contributed by atoms with E-state index in [4.69, 9.17) is 0 Å². The van der Waals surface area contributed by atoms with Gasteiger partial charge in [0.1, 0.15) is 17.5 Å². The van der Waals surface area contributed by atoms with Gasteiger partial charge in [-0.2, -0.15) is 0 Å². The largest absolute Gasteiger partial charge is 0.338 e. The van der Waals surface area contributed by atoms with Crippen molar-refractivity contribution in [2.24, 2.45) is 0 Å². The van der Waals surface area contributed by atoms with E-state index in [2.05, 4.69) is 28.3 Å². The van der Waals surface area contributed by atoms with Crippen molar-refractivity contribution in [1.29, 1.82) is 0 Å². The zero-order chi connectivity index (χ0) is 19.8. The molecule has 1 aromatic heterocycles. The second kappa shape index (κ2) is 6.88. The van der Waals surface area contributed by atoms with Gasteiger partial charge in [0.25, 0.3) is 5.91 Å². The van der Waals surface area contributed by atoms with Gasteiger partial charge in [-0.3, -0.25) is 4.79 Å². The summed E-state index contributed by atoms with van der Waals surface area (Å²) in [4.78, 5) is 20.1. The maximum atomic E-state index is 13.7. The summed E-state index contributed by atoms with van der Waals surface area (Å²) in [6.07, 6.45) is 0. The average Bonchev–Trinajstić information content (AvgIpc) is 3.05. The van der Waals surface area contributed by atoms with Crippen LogP contribution in [-0.4, -0.2) is 15.9 Å². The predicted molar refractivity (Wildman–Crippen MR) is 105 cm³/mol. The number of imidazole rings is 1. The van der Waals surface area contributed by atoms with Gasteiger partial charge in [0, 0.05) is 17.3 Å². The first-order chi connectivity index (χ1) is 13.4. The number of anilines is 1. The van der Waals surface area contributed by atoms with Gasteiger partial charge in [0.2, 0.25) is 0 Å². The van der Waals surface area contributed by atoms with Crippen LogP contribution in [0.3, 0.4) is 0 Å². The molecule has 0 spiro atoms. The van der Waals surface area contributed by atoms with E-state index >= 15 is 0 Å². The van der Waals surface area contributed by atoms with Crippen LogP contribution in [0.15, 0.2) is 54.6 Å². The third kappa shape index (κ3) is 3.36. The van der Waals surface area contributed by atoms with Crippen molar-refractivity contribution in [3.05, 3.63) is 82.9 Å². The number of halogens is 2. The number of aromatic nitrogens is 2. The van der Waals surface area contributed by atoms with Crippen LogP contribution in [0.1, 0.15) is 21.5 Å². The molecule has 6 heteroatoms. The molecule has 0 aliphatic heterocycles. The van der Waals surface area contributed by atoms with Crippen LogP contribution in [0, 0.1) is 25.5 Å². The van der Waals surface area contributed by atoms with E-state index in [-0.39, 0.29) is 5.56 Å². The molecule has 1 amide bonds. The molecular weight excluding hydrogens is 360 g/mol. The first-order valence-corrected chi connectivity index (χ1v) is 8.74. The number of hydrogen-bond acceptors (Lipinski definition) is 2. The summed E-state index contributed by atoms with van der Waals surface area (Å²) in [6.45, 7) is 4.10. The van der Waals surface area contributed by atoms with Crippen molar-refractivity contribution in [3.8, 4) is 11.4 Å². The monoisotopic (exact) mass is 377 g/mol. The van der Waals surface area contributed by atoms with Crippen molar-refractivity contribution < 1.29 is 13.6 Å². The highest BCUT2D eigenvalue weighted by Crippen LogP contribution is 2.24. The van der Waals surface area contributed by atoms with Crippen molar-refractivity contribution in [3.63, 3.8) is 0 Å². The zero-order valence-electron chi connectivity index (χ0n) is 15.3.